The van der Waals surface area contributed by atoms with Crippen LogP contribution in [0.3, 0.4) is 0 Å². The molecule has 2 aliphatic rings. The first-order valence-corrected chi connectivity index (χ1v) is 5.06. The fourth-order valence-corrected chi connectivity index (χ4v) is 2.17. The SMILES string of the molecule is Cn1cc2c(c1C(=O)O)NC1(CC1)CN2. The molecule has 0 atom stereocenters. The van der Waals surface area contributed by atoms with Crippen molar-refractivity contribution in [2.75, 3.05) is 17.2 Å². The van der Waals surface area contributed by atoms with E-state index in [-0.39, 0.29) is 5.54 Å². The quantitative estimate of drug-likeness (QED) is 0.645. The maximum atomic E-state index is 11.1. The summed E-state index contributed by atoms with van der Waals surface area (Å²) in [5.41, 5.74) is 2.10. The van der Waals surface area contributed by atoms with Crippen LogP contribution in [-0.2, 0) is 7.05 Å². The number of hydrogen-bond donors (Lipinski definition) is 3. The molecule has 15 heavy (non-hydrogen) atoms. The zero-order valence-corrected chi connectivity index (χ0v) is 8.50. The number of nitrogens with one attached hydrogen (secondary N) is 2. The maximum absolute atomic E-state index is 11.1. The zero-order chi connectivity index (χ0) is 10.6. The molecule has 0 radical (unpaired) electrons. The third-order valence-electron chi connectivity index (χ3n) is 3.25. The number of nitrogens with zero attached hydrogens (tertiary/aromatic N) is 1. The van der Waals surface area contributed by atoms with Gasteiger partial charge in [0.15, 0.2) is 5.69 Å². The standard InChI is InChI=1S/C10H13N3O2/c1-13-4-6-7(8(13)9(14)15)12-10(2-3-10)5-11-6/h4,11-12H,2-3,5H2,1H3,(H,14,15). The summed E-state index contributed by atoms with van der Waals surface area (Å²) in [6, 6.07) is 0. The second-order valence-corrected chi connectivity index (χ2v) is 4.44. The van der Waals surface area contributed by atoms with Gasteiger partial charge in [-0.05, 0) is 12.8 Å². The van der Waals surface area contributed by atoms with Crippen LogP contribution in [0.2, 0.25) is 0 Å². The van der Waals surface area contributed by atoms with Gasteiger partial charge in [-0.25, -0.2) is 4.79 Å². The summed E-state index contributed by atoms with van der Waals surface area (Å²) in [7, 11) is 1.75. The Morgan fingerprint density at radius 3 is 2.93 bits per heavy atom. The second kappa shape index (κ2) is 2.48. The van der Waals surface area contributed by atoms with Gasteiger partial charge in [-0.3, -0.25) is 0 Å². The van der Waals surface area contributed by atoms with E-state index in [0.717, 1.165) is 30.8 Å². The Morgan fingerprint density at radius 2 is 2.33 bits per heavy atom. The second-order valence-electron chi connectivity index (χ2n) is 4.44. The number of carbonyl (C=O) groups is 1. The predicted molar refractivity (Wildman–Crippen MR) is 56.4 cm³/mol. The fraction of sp³-hybridized carbons (Fsp3) is 0.500. The van der Waals surface area contributed by atoms with E-state index < -0.39 is 5.97 Å². The third kappa shape index (κ3) is 1.12. The highest BCUT2D eigenvalue weighted by Gasteiger charge is 2.46. The Balaban J connectivity index is 2.09. The first kappa shape index (κ1) is 8.64. The molecule has 1 aliphatic heterocycles. The van der Waals surface area contributed by atoms with Gasteiger partial charge in [-0.1, -0.05) is 0 Å². The molecule has 80 valence electrons. The lowest BCUT2D eigenvalue weighted by molar-refractivity contribution is 0.0687. The van der Waals surface area contributed by atoms with Gasteiger partial charge >= 0.3 is 5.97 Å². The van der Waals surface area contributed by atoms with Crippen molar-refractivity contribution >= 4 is 17.3 Å². The minimum Gasteiger partial charge on any atom is -0.477 e. The van der Waals surface area contributed by atoms with Gasteiger partial charge in [0.1, 0.15) is 0 Å². The lowest BCUT2D eigenvalue weighted by Gasteiger charge is -2.26. The summed E-state index contributed by atoms with van der Waals surface area (Å²) in [5, 5.41) is 15.8. The van der Waals surface area contributed by atoms with Gasteiger partial charge in [0.2, 0.25) is 0 Å². The first-order chi connectivity index (χ1) is 7.11. The van der Waals surface area contributed by atoms with Crippen LogP contribution in [0.4, 0.5) is 11.4 Å². The summed E-state index contributed by atoms with van der Waals surface area (Å²) in [6.07, 6.45) is 4.06. The van der Waals surface area contributed by atoms with Gasteiger partial charge < -0.3 is 20.3 Å². The van der Waals surface area contributed by atoms with Crippen molar-refractivity contribution in [3.05, 3.63) is 11.9 Å². The van der Waals surface area contributed by atoms with E-state index in [2.05, 4.69) is 10.6 Å². The lowest BCUT2D eigenvalue weighted by atomic mass is 10.1. The molecule has 0 saturated heterocycles. The van der Waals surface area contributed by atoms with Gasteiger partial charge in [-0.2, -0.15) is 0 Å². The van der Waals surface area contributed by atoms with E-state index in [1.807, 2.05) is 6.20 Å². The van der Waals surface area contributed by atoms with Gasteiger partial charge in [-0.15, -0.1) is 0 Å². The number of rotatable bonds is 1. The summed E-state index contributed by atoms with van der Waals surface area (Å²) in [5.74, 6) is -0.884. The van der Waals surface area contributed by atoms with Crippen molar-refractivity contribution in [2.45, 2.75) is 18.4 Å². The molecule has 1 aromatic rings. The van der Waals surface area contributed by atoms with E-state index in [4.69, 9.17) is 5.11 Å². The normalized spacial score (nSPS) is 20.3. The number of aromatic carboxylic acids is 1. The van der Waals surface area contributed by atoms with Crippen LogP contribution < -0.4 is 10.6 Å². The molecule has 1 aliphatic carbocycles. The highest BCUT2D eigenvalue weighted by molar-refractivity contribution is 5.98. The number of fused-ring (bicyclic) bond motifs is 1. The van der Waals surface area contributed by atoms with E-state index in [1.165, 1.54) is 0 Å². The molecular weight excluding hydrogens is 194 g/mol. The molecule has 1 aromatic heterocycles. The smallest absolute Gasteiger partial charge is 0.354 e. The minimum atomic E-state index is -0.884. The molecule has 0 bridgehead atoms. The monoisotopic (exact) mass is 207 g/mol. The van der Waals surface area contributed by atoms with Crippen molar-refractivity contribution < 1.29 is 9.90 Å². The molecule has 5 nitrogen and oxygen atoms in total. The van der Waals surface area contributed by atoms with E-state index in [9.17, 15) is 4.79 Å². The van der Waals surface area contributed by atoms with Gasteiger partial charge in [0, 0.05) is 19.8 Å². The molecule has 0 aromatic carbocycles. The molecule has 3 N–H and O–H groups in total. The van der Waals surface area contributed by atoms with Crippen LogP contribution in [0.5, 0.6) is 0 Å². The Morgan fingerprint density at radius 1 is 1.60 bits per heavy atom. The number of aromatic nitrogens is 1. The van der Waals surface area contributed by atoms with E-state index >= 15 is 0 Å². The molecule has 1 fully saturated rings. The van der Waals surface area contributed by atoms with Crippen LogP contribution >= 0.6 is 0 Å². The first-order valence-electron chi connectivity index (χ1n) is 5.06. The van der Waals surface area contributed by atoms with Gasteiger partial charge in [0.05, 0.1) is 16.9 Å². The molecule has 0 unspecified atom stereocenters. The fourth-order valence-electron chi connectivity index (χ4n) is 2.17. The largest absolute Gasteiger partial charge is 0.477 e. The van der Waals surface area contributed by atoms with E-state index in [0.29, 0.717) is 5.69 Å². The van der Waals surface area contributed by atoms with Gasteiger partial charge in [0.25, 0.3) is 0 Å². The maximum Gasteiger partial charge on any atom is 0.354 e. The molecule has 1 spiro atoms. The summed E-state index contributed by atoms with van der Waals surface area (Å²) >= 11 is 0. The average molecular weight is 207 g/mol. The molecular formula is C10H13N3O2. The zero-order valence-electron chi connectivity index (χ0n) is 8.50. The van der Waals surface area contributed by atoms with Crippen molar-refractivity contribution in [3.63, 3.8) is 0 Å². The molecule has 5 heteroatoms. The van der Waals surface area contributed by atoms with Crippen molar-refractivity contribution in [3.8, 4) is 0 Å². The number of carboxylic acids is 1. The number of anilines is 2. The van der Waals surface area contributed by atoms with E-state index in [1.54, 1.807) is 11.6 Å². The predicted octanol–water partition coefficient (Wildman–Crippen LogP) is 1.09. The van der Waals surface area contributed by atoms with Crippen LogP contribution in [0.25, 0.3) is 0 Å². The third-order valence-corrected chi connectivity index (χ3v) is 3.25. The average Bonchev–Trinajstić information content (AvgIpc) is 2.81. The van der Waals surface area contributed by atoms with Crippen LogP contribution in [0, 0.1) is 0 Å². The van der Waals surface area contributed by atoms with Crippen LogP contribution in [-0.4, -0.2) is 27.7 Å². The number of carboxylic acid groups (broad SMARTS) is 1. The Hall–Kier alpha value is -1.65. The van der Waals surface area contributed by atoms with Crippen LogP contribution in [0.1, 0.15) is 23.3 Å². The number of aryl methyl sites for hydroxylation is 1. The highest BCUT2D eigenvalue weighted by Crippen LogP contribution is 2.45. The summed E-state index contributed by atoms with van der Waals surface area (Å²) in [6.45, 7) is 0.892. The Kier molecular flexibility index (Phi) is 1.43. The van der Waals surface area contributed by atoms with Crippen molar-refractivity contribution in [1.29, 1.82) is 0 Å². The Bertz CT molecular complexity index is 446. The van der Waals surface area contributed by atoms with Crippen molar-refractivity contribution in [2.24, 2.45) is 7.05 Å². The number of hydrogen-bond acceptors (Lipinski definition) is 3. The molecule has 1 saturated carbocycles. The topological polar surface area (TPSA) is 66.3 Å². The van der Waals surface area contributed by atoms with Crippen LogP contribution in [0.15, 0.2) is 6.20 Å². The minimum absolute atomic E-state index is 0.124. The summed E-state index contributed by atoms with van der Waals surface area (Å²) < 4.78 is 1.65. The summed E-state index contributed by atoms with van der Waals surface area (Å²) in [4.78, 5) is 11.1. The molecule has 3 rings (SSSR count). The Labute approximate surface area is 87.1 Å². The van der Waals surface area contributed by atoms with Crippen molar-refractivity contribution in [1.82, 2.24) is 4.57 Å². The molecule has 0 amide bonds. The lowest BCUT2D eigenvalue weighted by Crippen LogP contribution is -2.35. The molecule has 2 heterocycles. The highest BCUT2D eigenvalue weighted by atomic mass is 16.4.